The SMILES string of the molecule is CC(CC(C)(C)CN)NC(=O)c1cc2ccccc2o1. The van der Waals surface area contributed by atoms with Crippen LogP contribution in [0, 0.1) is 5.41 Å². The number of carbonyl (C=O) groups is 1. The Bertz CT molecular complexity index is 568. The molecule has 1 aromatic carbocycles. The van der Waals surface area contributed by atoms with Crippen molar-refractivity contribution < 1.29 is 9.21 Å². The van der Waals surface area contributed by atoms with Crippen LogP contribution in [0.1, 0.15) is 37.7 Å². The number of amides is 1. The zero-order chi connectivity index (χ0) is 14.8. The van der Waals surface area contributed by atoms with Crippen molar-refractivity contribution in [3.8, 4) is 0 Å². The van der Waals surface area contributed by atoms with E-state index in [0.29, 0.717) is 12.3 Å². The van der Waals surface area contributed by atoms with Gasteiger partial charge in [-0.05, 0) is 37.4 Å². The van der Waals surface area contributed by atoms with Gasteiger partial charge in [0.05, 0.1) is 0 Å². The molecule has 1 amide bonds. The van der Waals surface area contributed by atoms with Crippen LogP contribution in [-0.2, 0) is 0 Å². The van der Waals surface area contributed by atoms with Gasteiger partial charge in [-0.3, -0.25) is 4.79 Å². The van der Waals surface area contributed by atoms with Crippen molar-refractivity contribution in [1.82, 2.24) is 5.32 Å². The first kappa shape index (κ1) is 14.6. The Morgan fingerprint density at radius 2 is 2.10 bits per heavy atom. The van der Waals surface area contributed by atoms with Gasteiger partial charge in [-0.25, -0.2) is 0 Å². The zero-order valence-corrected chi connectivity index (χ0v) is 12.3. The molecule has 0 saturated carbocycles. The van der Waals surface area contributed by atoms with Crippen molar-refractivity contribution in [3.05, 3.63) is 36.1 Å². The van der Waals surface area contributed by atoms with Gasteiger partial charge in [0.15, 0.2) is 5.76 Å². The number of hydrogen-bond donors (Lipinski definition) is 2. The van der Waals surface area contributed by atoms with E-state index in [4.69, 9.17) is 10.2 Å². The first-order valence-electron chi connectivity index (χ1n) is 6.91. The van der Waals surface area contributed by atoms with E-state index in [9.17, 15) is 4.79 Å². The van der Waals surface area contributed by atoms with Crippen LogP contribution < -0.4 is 11.1 Å². The van der Waals surface area contributed by atoms with Gasteiger partial charge >= 0.3 is 0 Å². The molecule has 0 fully saturated rings. The minimum absolute atomic E-state index is 0.0145. The van der Waals surface area contributed by atoms with Crippen molar-refractivity contribution in [1.29, 1.82) is 0 Å². The maximum absolute atomic E-state index is 12.2. The minimum atomic E-state index is -0.179. The topological polar surface area (TPSA) is 68.3 Å². The second-order valence-corrected chi connectivity index (χ2v) is 6.10. The average Bonchev–Trinajstić information content (AvgIpc) is 2.81. The lowest BCUT2D eigenvalue weighted by atomic mass is 9.86. The number of benzene rings is 1. The summed E-state index contributed by atoms with van der Waals surface area (Å²) in [7, 11) is 0. The van der Waals surface area contributed by atoms with Crippen LogP contribution in [-0.4, -0.2) is 18.5 Å². The molecule has 4 heteroatoms. The first-order chi connectivity index (χ1) is 9.41. The van der Waals surface area contributed by atoms with Gasteiger partial charge in [0, 0.05) is 11.4 Å². The Labute approximate surface area is 119 Å². The van der Waals surface area contributed by atoms with E-state index >= 15 is 0 Å². The van der Waals surface area contributed by atoms with Crippen LogP contribution in [0.25, 0.3) is 11.0 Å². The first-order valence-corrected chi connectivity index (χ1v) is 6.91. The van der Waals surface area contributed by atoms with E-state index in [2.05, 4.69) is 19.2 Å². The van der Waals surface area contributed by atoms with Crippen molar-refractivity contribution in [3.63, 3.8) is 0 Å². The summed E-state index contributed by atoms with van der Waals surface area (Å²) in [6.45, 7) is 6.77. The lowest BCUT2D eigenvalue weighted by molar-refractivity contribution is 0.0904. The highest BCUT2D eigenvalue weighted by molar-refractivity contribution is 5.96. The van der Waals surface area contributed by atoms with Crippen LogP contribution in [0.15, 0.2) is 34.7 Å². The smallest absolute Gasteiger partial charge is 0.287 e. The largest absolute Gasteiger partial charge is 0.451 e. The van der Waals surface area contributed by atoms with E-state index in [1.54, 1.807) is 6.07 Å². The Hall–Kier alpha value is -1.81. The molecule has 2 rings (SSSR count). The minimum Gasteiger partial charge on any atom is -0.451 e. The molecule has 0 saturated heterocycles. The summed E-state index contributed by atoms with van der Waals surface area (Å²) in [4.78, 5) is 12.2. The molecule has 108 valence electrons. The molecule has 20 heavy (non-hydrogen) atoms. The number of nitrogens with two attached hydrogens (primary N) is 1. The van der Waals surface area contributed by atoms with E-state index in [0.717, 1.165) is 17.4 Å². The van der Waals surface area contributed by atoms with Crippen molar-refractivity contribution >= 4 is 16.9 Å². The number of fused-ring (bicyclic) bond motifs is 1. The highest BCUT2D eigenvalue weighted by Crippen LogP contribution is 2.21. The molecule has 4 nitrogen and oxygen atoms in total. The molecule has 0 aliphatic carbocycles. The van der Waals surface area contributed by atoms with E-state index in [-0.39, 0.29) is 17.4 Å². The molecule has 3 N–H and O–H groups in total. The van der Waals surface area contributed by atoms with Gasteiger partial charge in [-0.15, -0.1) is 0 Å². The van der Waals surface area contributed by atoms with Crippen molar-refractivity contribution in [2.45, 2.75) is 33.2 Å². The molecule has 1 aromatic heterocycles. The van der Waals surface area contributed by atoms with Gasteiger partial charge in [-0.1, -0.05) is 32.0 Å². The molecule has 0 bridgehead atoms. The summed E-state index contributed by atoms with van der Waals surface area (Å²) >= 11 is 0. The molecule has 2 aromatic rings. The maximum atomic E-state index is 12.2. The normalized spacial score (nSPS) is 13.4. The quantitative estimate of drug-likeness (QED) is 0.880. The van der Waals surface area contributed by atoms with Gasteiger partial charge in [0.2, 0.25) is 0 Å². The third-order valence-electron chi connectivity index (χ3n) is 3.44. The summed E-state index contributed by atoms with van der Waals surface area (Å²) in [5.41, 5.74) is 6.46. The predicted molar refractivity (Wildman–Crippen MR) is 80.6 cm³/mol. The van der Waals surface area contributed by atoms with E-state index in [1.807, 2.05) is 31.2 Å². The second kappa shape index (κ2) is 5.67. The molecule has 1 heterocycles. The molecule has 0 aliphatic heterocycles. The van der Waals surface area contributed by atoms with Gasteiger partial charge in [-0.2, -0.15) is 0 Å². The Morgan fingerprint density at radius 1 is 1.40 bits per heavy atom. The molecular weight excluding hydrogens is 252 g/mol. The summed E-state index contributed by atoms with van der Waals surface area (Å²) in [5.74, 6) is 0.171. The van der Waals surface area contributed by atoms with Crippen LogP contribution >= 0.6 is 0 Å². The third-order valence-corrected chi connectivity index (χ3v) is 3.44. The van der Waals surface area contributed by atoms with Crippen LogP contribution in [0.3, 0.4) is 0 Å². The fourth-order valence-electron chi connectivity index (χ4n) is 2.35. The Balaban J connectivity index is 2.04. The van der Waals surface area contributed by atoms with Crippen LogP contribution in [0.4, 0.5) is 0 Å². The number of hydrogen-bond acceptors (Lipinski definition) is 3. The van der Waals surface area contributed by atoms with Gasteiger partial charge in [0.1, 0.15) is 5.58 Å². The molecular formula is C16H22N2O2. The van der Waals surface area contributed by atoms with Gasteiger partial charge < -0.3 is 15.5 Å². The standard InChI is InChI=1S/C16H22N2O2/c1-11(9-16(2,3)10-17)18-15(19)14-8-12-6-4-5-7-13(12)20-14/h4-8,11H,9-10,17H2,1-3H3,(H,18,19). The number of rotatable bonds is 5. The summed E-state index contributed by atoms with van der Waals surface area (Å²) in [5, 5.41) is 3.90. The molecule has 1 unspecified atom stereocenters. The summed E-state index contributed by atoms with van der Waals surface area (Å²) in [6, 6.07) is 9.41. The number of carbonyl (C=O) groups excluding carboxylic acids is 1. The lowest BCUT2D eigenvalue weighted by Gasteiger charge is -2.26. The highest BCUT2D eigenvalue weighted by Gasteiger charge is 2.21. The Morgan fingerprint density at radius 3 is 2.75 bits per heavy atom. The number of furan rings is 1. The van der Waals surface area contributed by atoms with Crippen molar-refractivity contribution in [2.75, 3.05) is 6.54 Å². The average molecular weight is 274 g/mol. The molecule has 1 atom stereocenters. The fourth-order valence-corrected chi connectivity index (χ4v) is 2.35. The second-order valence-electron chi connectivity index (χ2n) is 6.10. The predicted octanol–water partition coefficient (Wildman–Crippen LogP) is 2.93. The van der Waals surface area contributed by atoms with Crippen molar-refractivity contribution in [2.24, 2.45) is 11.1 Å². The summed E-state index contributed by atoms with van der Waals surface area (Å²) in [6.07, 6.45) is 0.829. The molecule has 0 aliphatic rings. The third kappa shape index (κ3) is 3.39. The van der Waals surface area contributed by atoms with Crippen LogP contribution in [0.2, 0.25) is 0 Å². The van der Waals surface area contributed by atoms with E-state index in [1.165, 1.54) is 0 Å². The zero-order valence-electron chi connectivity index (χ0n) is 12.3. The highest BCUT2D eigenvalue weighted by atomic mass is 16.3. The van der Waals surface area contributed by atoms with E-state index < -0.39 is 0 Å². The lowest BCUT2D eigenvalue weighted by Crippen LogP contribution is -2.38. The number of para-hydroxylation sites is 1. The summed E-state index contributed by atoms with van der Waals surface area (Å²) < 4.78 is 5.55. The maximum Gasteiger partial charge on any atom is 0.287 e. The monoisotopic (exact) mass is 274 g/mol. The Kier molecular flexibility index (Phi) is 4.14. The molecule has 0 radical (unpaired) electrons. The molecule has 0 spiro atoms. The van der Waals surface area contributed by atoms with Gasteiger partial charge in [0.25, 0.3) is 5.91 Å². The fraction of sp³-hybridized carbons (Fsp3) is 0.438. The number of nitrogens with one attached hydrogen (secondary N) is 1. The van der Waals surface area contributed by atoms with Crippen LogP contribution in [0.5, 0.6) is 0 Å².